The molecule has 0 aromatic heterocycles. The van der Waals surface area contributed by atoms with E-state index in [4.69, 9.17) is 5.73 Å². The third-order valence-corrected chi connectivity index (χ3v) is 3.92. The van der Waals surface area contributed by atoms with Gasteiger partial charge in [0.1, 0.15) is 5.54 Å². The van der Waals surface area contributed by atoms with E-state index in [0.29, 0.717) is 0 Å². The van der Waals surface area contributed by atoms with Crippen LogP contribution in [0.2, 0.25) is 0 Å². The van der Waals surface area contributed by atoms with Crippen molar-refractivity contribution in [1.29, 1.82) is 0 Å². The van der Waals surface area contributed by atoms with Crippen molar-refractivity contribution in [1.82, 2.24) is 10.2 Å². The Kier molecular flexibility index (Phi) is 3.97. The van der Waals surface area contributed by atoms with E-state index >= 15 is 0 Å². The van der Waals surface area contributed by atoms with E-state index in [0.717, 1.165) is 32.4 Å². The Morgan fingerprint density at radius 3 is 2.38 bits per heavy atom. The fourth-order valence-electron chi connectivity index (χ4n) is 2.71. The zero-order chi connectivity index (χ0) is 12.4. The summed E-state index contributed by atoms with van der Waals surface area (Å²) in [5.74, 6) is -0.200. The largest absolute Gasteiger partial charge is 0.368 e. The molecule has 0 saturated heterocycles. The summed E-state index contributed by atoms with van der Waals surface area (Å²) in [6, 6.07) is 0. The van der Waals surface area contributed by atoms with Gasteiger partial charge in [0.2, 0.25) is 5.91 Å². The number of nitrogens with zero attached hydrogens (tertiary/aromatic N) is 1. The Labute approximate surface area is 98.6 Å². The van der Waals surface area contributed by atoms with Crippen molar-refractivity contribution in [2.45, 2.75) is 38.6 Å². The van der Waals surface area contributed by atoms with Crippen LogP contribution >= 0.6 is 0 Å². The van der Waals surface area contributed by atoms with E-state index in [2.05, 4.69) is 24.1 Å². The summed E-state index contributed by atoms with van der Waals surface area (Å²) in [5, 5.41) is 3.40. The lowest BCUT2D eigenvalue weighted by Crippen LogP contribution is -2.62. The minimum absolute atomic E-state index is 0.0366. The quantitative estimate of drug-likeness (QED) is 0.722. The number of carbonyl (C=O) groups is 1. The molecule has 4 nitrogen and oxygen atoms in total. The molecule has 0 heterocycles. The van der Waals surface area contributed by atoms with Crippen LogP contribution in [0.15, 0.2) is 0 Å². The van der Waals surface area contributed by atoms with E-state index in [1.807, 2.05) is 14.1 Å². The number of nitrogens with one attached hydrogen (secondary N) is 1. The van der Waals surface area contributed by atoms with Crippen LogP contribution < -0.4 is 11.1 Å². The highest BCUT2D eigenvalue weighted by Crippen LogP contribution is 2.45. The van der Waals surface area contributed by atoms with Gasteiger partial charge >= 0.3 is 0 Å². The lowest BCUT2D eigenvalue weighted by molar-refractivity contribution is -0.128. The molecule has 1 atom stereocenters. The smallest absolute Gasteiger partial charge is 0.238 e. The average molecular weight is 227 g/mol. The van der Waals surface area contributed by atoms with E-state index in [1.165, 1.54) is 0 Å². The Morgan fingerprint density at radius 1 is 1.38 bits per heavy atom. The van der Waals surface area contributed by atoms with Gasteiger partial charge in [-0.15, -0.1) is 0 Å². The normalized spacial score (nSPS) is 28.6. The van der Waals surface area contributed by atoms with Gasteiger partial charge in [-0.05, 0) is 32.4 Å². The van der Waals surface area contributed by atoms with E-state index in [1.54, 1.807) is 0 Å². The summed E-state index contributed by atoms with van der Waals surface area (Å²) in [6.45, 7) is 5.99. The number of hydrogen-bond acceptors (Lipinski definition) is 3. The summed E-state index contributed by atoms with van der Waals surface area (Å²) in [4.78, 5) is 13.9. The van der Waals surface area contributed by atoms with Crippen LogP contribution in [0.3, 0.4) is 0 Å². The van der Waals surface area contributed by atoms with Gasteiger partial charge in [-0.3, -0.25) is 4.79 Å². The maximum absolute atomic E-state index is 11.8. The van der Waals surface area contributed by atoms with Crippen molar-refractivity contribution in [3.05, 3.63) is 0 Å². The third kappa shape index (κ3) is 2.38. The van der Waals surface area contributed by atoms with E-state index in [9.17, 15) is 4.79 Å². The predicted octanol–water partition coefficient (Wildman–Crippen LogP) is 0.572. The molecule has 0 aliphatic heterocycles. The topological polar surface area (TPSA) is 58.4 Å². The van der Waals surface area contributed by atoms with Gasteiger partial charge in [-0.25, -0.2) is 0 Å². The SMILES string of the molecule is CN(C)CCNC1(C(N)=O)CCCC1(C)C. The van der Waals surface area contributed by atoms with Crippen LogP contribution in [0.5, 0.6) is 0 Å². The van der Waals surface area contributed by atoms with Crippen LogP contribution in [0.25, 0.3) is 0 Å². The third-order valence-electron chi connectivity index (χ3n) is 3.92. The fourth-order valence-corrected chi connectivity index (χ4v) is 2.71. The predicted molar refractivity (Wildman–Crippen MR) is 66.1 cm³/mol. The monoisotopic (exact) mass is 227 g/mol. The van der Waals surface area contributed by atoms with Crippen LogP contribution in [0.4, 0.5) is 0 Å². The standard InChI is InChI=1S/C12H25N3O/c1-11(2)6-5-7-12(11,10(13)16)14-8-9-15(3)4/h14H,5-9H2,1-4H3,(H2,13,16). The molecule has 1 aliphatic rings. The van der Waals surface area contributed by atoms with Gasteiger partial charge in [0.05, 0.1) is 0 Å². The molecule has 3 N–H and O–H groups in total. The number of likely N-dealkylation sites (N-methyl/N-ethyl adjacent to an activating group) is 1. The van der Waals surface area contributed by atoms with E-state index < -0.39 is 5.54 Å². The van der Waals surface area contributed by atoms with Crippen LogP contribution in [-0.2, 0) is 4.79 Å². The van der Waals surface area contributed by atoms with Crippen molar-refractivity contribution in [3.63, 3.8) is 0 Å². The summed E-state index contributed by atoms with van der Waals surface area (Å²) in [5.41, 5.74) is 5.06. The molecule has 16 heavy (non-hydrogen) atoms. The minimum atomic E-state index is -0.511. The Bertz CT molecular complexity index is 263. The van der Waals surface area contributed by atoms with Gasteiger partial charge in [-0.1, -0.05) is 20.3 Å². The molecule has 1 saturated carbocycles. The second-order valence-corrected chi connectivity index (χ2v) is 5.74. The van der Waals surface area contributed by atoms with Gasteiger partial charge in [0.25, 0.3) is 0 Å². The first-order valence-corrected chi connectivity index (χ1v) is 6.01. The fraction of sp³-hybridized carbons (Fsp3) is 0.917. The molecule has 0 aromatic rings. The first-order chi connectivity index (χ1) is 7.32. The number of nitrogens with two attached hydrogens (primary N) is 1. The summed E-state index contributed by atoms with van der Waals surface area (Å²) in [6.07, 6.45) is 3.00. The van der Waals surface area contributed by atoms with Crippen LogP contribution in [0, 0.1) is 5.41 Å². The molecular weight excluding hydrogens is 202 g/mol. The lowest BCUT2D eigenvalue weighted by Gasteiger charge is -2.40. The van der Waals surface area contributed by atoms with Crippen molar-refractivity contribution >= 4 is 5.91 Å². The minimum Gasteiger partial charge on any atom is -0.368 e. The highest BCUT2D eigenvalue weighted by atomic mass is 16.1. The second-order valence-electron chi connectivity index (χ2n) is 5.74. The summed E-state index contributed by atoms with van der Waals surface area (Å²) >= 11 is 0. The lowest BCUT2D eigenvalue weighted by atomic mass is 9.74. The maximum Gasteiger partial charge on any atom is 0.238 e. The van der Waals surface area contributed by atoms with Crippen LogP contribution in [0.1, 0.15) is 33.1 Å². The zero-order valence-electron chi connectivity index (χ0n) is 11.0. The molecule has 0 radical (unpaired) electrons. The highest BCUT2D eigenvalue weighted by Gasteiger charge is 2.52. The molecule has 1 aliphatic carbocycles. The molecule has 1 amide bonds. The molecule has 1 rings (SSSR count). The number of primary amides is 1. The Morgan fingerprint density at radius 2 is 2.00 bits per heavy atom. The summed E-state index contributed by atoms with van der Waals surface area (Å²) in [7, 11) is 4.05. The van der Waals surface area contributed by atoms with Crippen molar-refractivity contribution in [2.75, 3.05) is 27.2 Å². The number of hydrogen-bond donors (Lipinski definition) is 2. The molecule has 1 unspecified atom stereocenters. The number of rotatable bonds is 5. The number of carbonyl (C=O) groups excluding carboxylic acids is 1. The van der Waals surface area contributed by atoms with Gasteiger partial charge in [0, 0.05) is 13.1 Å². The summed E-state index contributed by atoms with van der Waals surface area (Å²) < 4.78 is 0. The second kappa shape index (κ2) is 4.72. The molecule has 0 bridgehead atoms. The molecular formula is C12H25N3O. The first-order valence-electron chi connectivity index (χ1n) is 6.01. The van der Waals surface area contributed by atoms with Crippen LogP contribution in [-0.4, -0.2) is 43.5 Å². The van der Waals surface area contributed by atoms with Gasteiger partial charge in [-0.2, -0.15) is 0 Å². The maximum atomic E-state index is 11.8. The Hall–Kier alpha value is -0.610. The molecule has 4 heteroatoms. The first kappa shape index (κ1) is 13.5. The number of amides is 1. The highest BCUT2D eigenvalue weighted by molar-refractivity contribution is 5.86. The van der Waals surface area contributed by atoms with Crippen molar-refractivity contribution < 1.29 is 4.79 Å². The zero-order valence-corrected chi connectivity index (χ0v) is 11.0. The molecule has 1 fully saturated rings. The molecule has 94 valence electrons. The van der Waals surface area contributed by atoms with E-state index in [-0.39, 0.29) is 11.3 Å². The van der Waals surface area contributed by atoms with Gasteiger partial charge < -0.3 is 16.0 Å². The van der Waals surface area contributed by atoms with Crippen molar-refractivity contribution in [2.24, 2.45) is 11.1 Å². The van der Waals surface area contributed by atoms with Crippen molar-refractivity contribution in [3.8, 4) is 0 Å². The van der Waals surface area contributed by atoms with Gasteiger partial charge in [0.15, 0.2) is 0 Å². The average Bonchev–Trinajstić information content (AvgIpc) is 2.42. The molecule has 0 spiro atoms. The molecule has 0 aromatic carbocycles. The Balaban J connectivity index is 2.71.